The van der Waals surface area contributed by atoms with E-state index in [-0.39, 0.29) is 11.9 Å². The van der Waals surface area contributed by atoms with E-state index >= 15 is 0 Å². The van der Waals surface area contributed by atoms with E-state index in [9.17, 15) is 4.79 Å². The first-order chi connectivity index (χ1) is 7.63. The van der Waals surface area contributed by atoms with Gasteiger partial charge in [0.25, 0.3) is 0 Å². The van der Waals surface area contributed by atoms with E-state index in [0.29, 0.717) is 6.42 Å². The Morgan fingerprint density at radius 2 is 2.19 bits per heavy atom. The second-order valence-corrected chi connectivity index (χ2v) is 4.48. The molecular weight excluding hydrogens is 198 g/mol. The molecule has 1 aromatic carbocycles. The van der Waals surface area contributed by atoms with Gasteiger partial charge in [0.2, 0.25) is 5.91 Å². The van der Waals surface area contributed by atoms with E-state index in [4.69, 9.17) is 0 Å². The monoisotopic (exact) mass is 216 g/mol. The van der Waals surface area contributed by atoms with Crippen LogP contribution in [0.5, 0.6) is 0 Å². The van der Waals surface area contributed by atoms with Crippen LogP contribution in [0.4, 0.5) is 5.69 Å². The molecule has 2 heteroatoms. The number of aryl methyl sites for hydroxylation is 1. The summed E-state index contributed by atoms with van der Waals surface area (Å²) in [6.07, 6.45) is 2.46. The maximum absolute atomic E-state index is 12.0. The number of nitrogens with zero attached hydrogens (tertiary/aromatic N) is 1. The highest BCUT2D eigenvalue weighted by molar-refractivity contribution is 5.97. The molecule has 1 heterocycles. The van der Waals surface area contributed by atoms with Gasteiger partial charge in [-0.15, -0.1) is 0 Å². The third-order valence-corrected chi connectivity index (χ3v) is 3.31. The zero-order chi connectivity index (χ0) is 11.7. The lowest BCUT2D eigenvalue weighted by molar-refractivity contribution is -0.119. The Balaban J connectivity index is 2.44. The van der Waals surface area contributed by atoms with Gasteiger partial charge in [-0.3, -0.25) is 4.79 Å². The normalized spacial score (nSPS) is 17.2. The molecule has 1 radical (unpaired) electrons. The summed E-state index contributed by atoms with van der Waals surface area (Å²) in [6.45, 7) is 8.15. The van der Waals surface area contributed by atoms with Crippen LogP contribution < -0.4 is 4.90 Å². The Morgan fingerprint density at radius 1 is 1.44 bits per heavy atom. The Morgan fingerprint density at radius 3 is 2.88 bits per heavy atom. The van der Waals surface area contributed by atoms with Crippen molar-refractivity contribution >= 4 is 11.6 Å². The first kappa shape index (κ1) is 11.2. The van der Waals surface area contributed by atoms with Gasteiger partial charge in [-0.05, 0) is 43.9 Å². The number of hydrogen-bond donors (Lipinski definition) is 0. The van der Waals surface area contributed by atoms with Crippen molar-refractivity contribution in [1.29, 1.82) is 0 Å². The van der Waals surface area contributed by atoms with E-state index in [2.05, 4.69) is 26.8 Å². The summed E-state index contributed by atoms with van der Waals surface area (Å²) in [4.78, 5) is 13.9. The number of amides is 1. The van der Waals surface area contributed by atoms with Gasteiger partial charge in [0, 0.05) is 18.2 Å². The third kappa shape index (κ3) is 1.84. The molecule has 1 aliphatic rings. The Kier molecular flexibility index (Phi) is 2.99. The highest BCUT2D eigenvalue weighted by atomic mass is 16.2. The minimum atomic E-state index is 0.249. The van der Waals surface area contributed by atoms with Crippen LogP contribution >= 0.6 is 0 Å². The van der Waals surface area contributed by atoms with Gasteiger partial charge >= 0.3 is 0 Å². The van der Waals surface area contributed by atoms with Gasteiger partial charge in [0.05, 0.1) is 0 Å². The summed E-state index contributed by atoms with van der Waals surface area (Å²) in [5.74, 6) is 0.249. The molecule has 2 rings (SSSR count). The lowest BCUT2D eigenvalue weighted by Crippen LogP contribution is -2.41. The van der Waals surface area contributed by atoms with E-state index in [1.165, 1.54) is 5.56 Å². The van der Waals surface area contributed by atoms with Crippen LogP contribution in [0.25, 0.3) is 0 Å². The van der Waals surface area contributed by atoms with Crippen molar-refractivity contribution in [2.75, 3.05) is 4.90 Å². The maximum Gasteiger partial charge on any atom is 0.227 e. The molecule has 1 atom stereocenters. The number of carbonyl (C=O) groups excluding carboxylic acids is 1. The van der Waals surface area contributed by atoms with Crippen LogP contribution in [-0.4, -0.2) is 11.9 Å². The predicted octanol–water partition coefficient (Wildman–Crippen LogP) is 2.95. The van der Waals surface area contributed by atoms with Crippen LogP contribution in [0.2, 0.25) is 0 Å². The van der Waals surface area contributed by atoms with Gasteiger partial charge in [-0.25, -0.2) is 0 Å². The lowest BCUT2D eigenvalue weighted by Gasteiger charge is -2.34. The number of anilines is 1. The third-order valence-electron chi connectivity index (χ3n) is 3.31. The molecule has 1 aliphatic heterocycles. The molecule has 1 amide bonds. The smallest absolute Gasteiger partial charge is 0.227 e. The average molecular weight is 216 g/mol. The molecule has 0 fully saturated rings. The molecule has 0 spiro atoms. The van der Waals surface area contributed by atoms with Crippen LogP contribution in [0.15, 0.2) is 18.2 Å². The maximum atomic E-state index is 12.0. The Labute approximate surface area is 97.3 Å². The van der Waals surface area contributed by atoms with Gasteiger partial charge in [0.1, 0.15) is 0 Å². The topological polar surface area (TPSA) is 20.3 Å². The molecule has 0 saturated heterocycles. The van der Waals surface area contributed by atoms with E-state index in [1.54, 1.807) is 0 Å². The fourth-order valence-corrected chi connectivity index (χ4v) is 2.24. The summed E-state index contributed by atoms with van der Waals surface area (Å²) in [6, 6.07) is 6.38. The first-order valence-corrected chi connectivity index (χ1v) is 5.90. The predicted molar refractivity (Wildman–Crippen MR) is 66.5 cm³/mol. The quantitative estimate of drug-likeness (QED) is 0.744. The average Bonchev–Trinajstić information content (AvgIpc) is 2.28. The molecule has 1 unspecified atom stereocenters. The first-order valence-electron chi connectivity index (χ1n) is 5.90. The number of carbonyl (C=O) groups is 1. The van der Waals surface area contributed by atoms with Crippen molar-refractivity contribution in [2.24, 2.45) is 0 Å². The van der Waals surface area contributed by atoms with Crippen molar-refractivity contribution in [1.82, 2.24) is 0 Å². The van der Waals surface area contributed by atoms with Crippen molar-refractivity contribution in [3.63, 3.8) is 0 Å². The van der Waals surface area contributed by atoms with E-state index in [1.807, 2.05) is 17.0 Å². The zero-order valence-electron chi connectivity index (χ0n) is 9.99. The number of rotatable bonds is 2. The zero-order valence-corrected chi connectivity index (χ0v) is 9.99. The van der Waals surface area contributed by atoms with Gasteiger partial charge in [0.15, 0.2) is 0 Å². The number of fused-ring (bicyclic) bond motifs is 1. The molecule has 0 aromatic heterocycles. The summed E-state index contributed by atoms with van der Waals surface area (Å²) < 4.78 is 0. The number of hydrogen-bond acceptors (Lipinski definition) is 1. The van der Waals surface area contributed by atoms with Gasteiger partial charge in [-0.1, -0.05) is 19.1 Å². The summed E-state index contributed by atoms with van der Waals surface area (Å²) in [5.41, 5.74) is 3.36. The van der Waals surface area contributed by atoms with Crippen molar-refractivity contribution in [3.05, 3.63) is 36.2 Å². The minimum absolute atomic E-state index is 0.249. The van der Waals surface area contributed by atoms with Crippen LogP contribution in [0.1, 0.15) is 37.8 Å². The van der Waals surface area contributed by atoms with Gasteiger partial charge in [-0.2, -0.15) is 0 Å². The lowest BCUT2D eigenvalue weighted by atomic mass is 9.97. The highest BCUT2D eigenvalue weighted by Crippen LogP contribution is 2.30. The summed E-state index contributed by atoms with van der Waals surface area (Å²) in [5, 5.41) is 0. The molecule has 85 valence electrons. The fourth-order valence-electron chi connectivity index (χ4n) is 2.24. The molecule has 1 aromatic rings. The molecule has 0 bridgehead atoms. The fraction of sp³-hybridized carbons (Fsp3) is 0.429. The molecule has 2 nitrogen and oxygen atoms in total. The molecule has 16 heavy (non-hydrogen) atoms. The van der Waals surface area contributed by atoms with Crippen LogP contribution in [0.3, 0.4) is 0 Å². The Hall–Kier alpha value is -1.31. The van der Waals surface area contributed by atoms with E-state index in [0.717, 1.165) is 24.1 Å². The van der Waals surface area contributed by atoms with Crippen molar-refractivity contribution in [3.8, 4) is 0 Å². The second-order valence-electron chi connectivity index (χ2n) is 4.48. The molecular formula is C14H18NO. The Bertz CT molecular complexity index is 411. The molecule has 0 aliphatic carbocycles. The molecule has 0 saturated carbocycles. The SMILES string of the molecule is [CH2]c1ccc2c(c1)CCC(=O)N2C(C)CC. The minimum Gasteiger partial charge on any atom is -0.309 e. The van der Waals surface area contributed by atoms with Gasteiger partial charge < -0.3 is 4.90 Å². The second kappa shape index (κ2) is 4.28. The summed E-state index contributed by atoms with van der Waals surface area (Å²) in [7, 11) is 0. The number of benzene rings is 1. The van der Waals surface area contributed by atoms with Crippen molar-refractivity contribution in [2.45, 2.75) is 39.2 Å². The van der Waals surface area contributed by atoms with Crippen molar-refractivity contribution < 1.29 is 4.79 Å². The largest absolute Gasteiger partial charge is 0.309 e. The van der Waals surface area contributed by atoms with Crippen LogP contribution in [-0.2, 0) is 11.2 Å². The summed E-state index contributed by atoms with van der Waals surface area (Å²) >= 11 is 0. The van der Waals surface area contributed by atoms with Crippen LogP contribution in [0, 0.1) is 6.92 Å². The van der Waals surface area contributed by atoms with E-state index < -0.39 is 0 Å². The highest BCUT2D eigenvalue weighted by Gasteiger charge is 2.26. The molecule has 0 N–H and O–H groups in total. The standard InChI is InChI=1S/C14H18NO/c1-4-11(3)15-13-7-5-10(2)9-12(13)6-8-14(15)16/h5,7,9,11H,2,4,6,8H2,1,3H3.